The molecule has 1 aliphatic rings. The molecule has 0 N–H and O–H groups in total. The maximum absolute atomic E-state index is 11.7. The third-order valence-electron chi connectivity index (χ3n) is 2.44. The van der Waals surface area contributed by atoms with Crippen LogP contribution >= 0.6 is 0 Å². The van der Waals surface area contributed by atoms with E-state index in [2.05, 4.69) is 0 Å². The molecule has 1 fully saturated rings. The average Bonchev–Trinajstić information content (AvgIpc) is 2.47. The van der Waals surface area contributed by atoms with Crippen molar-refractivity contribution in [2.75, 3.05) is 19.6 Å². The third-order valence-corrected chi connectivity index (χ3v) is 2.44. The molecule has 0 aromatic carbocycles. The zero-order chi connectivity index (χ0) is 10.6. The monoisotopic (exact) mass is 198 g/mol. The summed E-state index contributed by atoms with van der Waals surface area (Å²) in [5.41, 5.74) is 0. The third kappa shape index (κ3) is 2.05. The molecule has 0 aromatic heterocycles. The largest absolute Gasteiger partial charge is 0.322 e. The summed E-state index contributed by atoms with van der Waals surface area (Å²) in [5.74, 6) is 0. The normalized spacial score (nSPS) is 21.9. The minimum atomic E-state index is -0.228. The van der Waals surface area contributed by atoms with Crippen LogP contribution in [0.1, 0.15) is 26.7 Å². The molecule has 0 aliphatic carbocycles. The molecule has 1 atom stereocenters. The topological polar surface area (TPSA) is 40.6 Å². The van der Waals surface area contributed by atoms with Gasteiger partial charge in [-0.3, -0.25) is 0 Å². The molecule has 2 amide bonds. The molecular formula is C10H18N2O2. The number of amides is 2. The van der Waals surface area contributed by atoms with Crippen molar-refractivity contribution in [3.8, 4) is 0 Å². The second kappa shape index (κ2) is 4.98. The second-order valence-electron chi connectivity index (χ2n) is 3.63. The van der Waals surface area contributed by atoms with E-state index in [1.807, 2.05) is 13.8 Å². The summed E-state index contributed by atoms with van der Waals surface area (Å²) in [6.45, 7) is 6.05. The molecule has 1 heterocycles. The van der Waals surface area contributed by atoms with Crippen LogP contribution in [-0.4, -0.2) is 47.8 Å². The molecule has 1 rings (SSSR count). The molecule has 1 saturated heterocycles. The van der Waals surface area contributed by atoms with Crippen LogP contribution in [0.2, 0.25) is 0 Å². The van der Waals surface area contributed by atoms with Gasteiger partial charge in [0, 0.05) is 19.6 Å². The Hall–Kier alpha value is -1.06. The number of carbonyl (C=O) groups excluding carboxylic acids is 2. The molecule has 0 spiro atoms. The van der Waals surface area contributed by atoms with E-state index < -0.39 is 0 Å². The van der Waals surface area contributed by atoms with Crippen molar-refractivity contribution < 1.29 is 9.59 Å². The van der Waals surface area contributed by atoms with Gasteiger partial charge in [0.15, 0.2) is 0 Å². The van der Waals surface area contributed by atoms with Crippen LogP contribution in [0.4, 0.5) is 4.79 Å². The second-order valence-corrected chi connectivity index (χ2v) is 3.63. The van der Waals surface area contributed by atoms with Crippen molar-refractivity contribution in [1.82, 2.24) is 9.80 Å². The fourth-order valence-corrected chi connectivity index (χ4v) is 1.80. The van der Waals surface area contributed by atoms with Crippen LogP contribution in [0.15, 0.2) is 0 Å². The number of carbonyl (C=O) groups is 2. The van der Waals surface area contributed by atoms with Gasteiger partial charge >= 0.3 is 6.03 Å². The molecular weight excluding hydrogens is 180 g/mol. The molecule has 14 heavy (non-hydrogen) atoms. The first kappa shape index (κ1) is 11.0. The highest BCUT2D eigenvalue weighted by Crippen LogP contribution is 2.15. The molecule has 80 valence electrons. The summed E-state index contributed by atoms with van der Waals surface area (Å²) in [6, 6.07) is -0.209. The summed E-state index contributed by atoms with van der Waals surface area (Å²) >= 11 is 0. The SMILES string of the molecule is CCCN1C[C@@H](C=O)N(CCC)C1=O. The number of nitrogens with zero attached hydrogens (tertiary/aromatic N) is 2. The van der Waals surface area contributed by atoms with Gasteiger partial charge in [0.2, 0.25) is 0 Å². The van der Waals surface area contributed by atoms with Gasteiger partial charge in [0.05, 0.1) is 0 Å². The molecule has 0 bridgehead atoms. The summed E-state index contributed by atoms with van der Waals surface area (Å²) < 4.78 is 0. The van der Waals surface area contributed by atoms with Gasteiger partial charge < -0.3 is 14.6 Å². The lowest BCUT2D eigenvalue weighted by Crippen LogP contribution is -2.36. The van der Waals surface area contributed by atoms with E-state index in [9.17, 15) is 9.59 Å². The van der Waals surface area contributed by atoms with E-state index in [0.717, 1.165) is 25.7 Å². The Morgan fingerprint density at radius 1 is 1.36 bits per heavy atom. The lowest BCUT2D eigenvalue weighted by Gasteiger charge is -2.18. The van der Waals surface area contributed by atoms with Crippen molar-refractivity contribution in [3.63, 3.8) is 0 Å². The van der Waals surface area contributed by atoms with E-state index >= 15 is 0 Å². The van der Waals surface area contributed by atoms with Crippen LogP contribution in [0.3, 0.4) is 0 Å². The van der Waals surface area contributed by atoms with Crippen molar-refractivity contribution in [2.45, 2.75) is 32.7 Å². The number of urea groups is 1. The highest BCUT2D eigenvalue weighted by atomic mass is 16.2. The first-order chi connectivity index (χ1) is 6.74. The maximum atomic E-state index is 11.7. The molecule has 1 aliphatic heterocycles. The fourth-order valence-electron chi connectivity index (χ4n) is 1.80. The fraction of sp³-hybridized carbons (Fsp3) is 0.800. The molecule has 0 unspecified atom stereocenters. The van der Waals surface area contributed by atoms with Crippen molar-refractivity contribution in [3.05, 3.63) is 0 Å². The van der Waals surface area contributed by atoms with Crippen LogP contribution < -0.4 is 0 Å². The Labute approximate surface area is 84.9 Å². The van der Waals surface area contributed by atoms with Gasteiger partial charge in [-0.15, -0.1) is 0 Å². The quantitative estimate of drug-likeness (QED) is 0.621. The Bertz CT molecular complexity index is 218. The molecule has 4 nitrogen and oxygen atoms in total. The standard InChI is InChI=1S/C10H18N2O2/c1-3-5-11-7-9(8-13)12(6-4-2)10(11)14/h8-9H,3-7H2,1-2H3/t9-/m0/s1. The molecule has 0 aromatic rings. The van der Waals surface area contributed by atoms with Crippen molar-refractivity contribution >= 4 is 12.3 Å². The molecule has 0 saturated carbocycles. The number of rotatable bonds is 5. The number of hydrogen-bond acceptors (Lipinski definition) is 2. The minimum Gasteiger partial charge on any atom is -0.322 e. The zero-order valence-corrected chi connectivity index (χ0v) is 8.90. The first-order valence-electron chi connectivity index (χ1n) is 5.25. The zero-order valence-electron chi connectivity index (χ0n) is 8.90. The van der Waals surface area contributed by atoms with E-state index in [1.165, 1.54) is 0 Å². The average molecular weight is 198 g/mol. The minimum absolute atomic E-state index is 0.0193. The van der Waals surface area contributed by atoms with E-state index in [0.29, 0.717) is 13.1 Å². The predicted molar refractivity (Wildman–Crippen MR) is 54.1 cm³/mol. The van der Waals surface area contributed by atoms with Gasteiger partial charge in [0.25, 0.3) is 0 Å². The first-order valence-corrected chi connectivity index (χ1v) is 5.25. The van der Waals surface area contributed by atoms with E-state index in [1.54, 1.807) is 9.80 Å². The van der Waals surface area contributed by atoms with Gasteiger partial charge in [-0.25, -0.2) is 4.79 Å². The molecule has 0 radical (unpaired) electrons. The number of hydrogen-bond donors (Lipinski definition) is 0. The van der Waals surface area contributed by atoms with E-state index in [-0.39, 0.29) is 12.1 Å². The highest BCUT2D eigenvalue weighted by Gasteiger charge is 2.35. The maximum Gasteiger partial charge on any atom is 0.320 e. The lowest BCUT2D eigenvalue weighted by molar-refractivity contribution is -0.110. The van der Waals surface area contributed by atoms with Crippen LogP contribution in [0, 0.1) is 0 Å². The van der Waals surface area contributed by atoms with Gasteiger partial charge in [-0.1, -0.05) is 13.8 Å². The lowest BCUT2D eigenvalue weighted by atomic mass is 10.3. The summed E-state index contributed by atoms with van der Waals surface area (Å²) in [4.78, 5) is 25.9. The molecule has 4 heteroatoms. The predicted octanol–water partition coefficient (Wildman–Crippen LogP) is 1.11. The smallest absolute Gasteiger partial charge is 0.320 e. The van der Waals surface area contributed by atoms with E-state index in [4.69, 9.17) is 0 Å². The summed E-state index contributed by atoms with van der Waals surface area (Å²) in [6.07, 6.45) is 2.72. The van der Waals surface area contributed by atoms with Gasteiger partial charge in [-0.05, 0) is 12.8 Å². The Kier molecular flexibility index (Phi) is 3.92. The van der Waals surface area contributed by atoms with Gasteiger partial charge in [0.1, 0.15) is 12.3 Å². The van der Waals surface area contributed by atoms with Gasteiger partial charge in [-0.2, -0.15) is 0 Å². The van der Waals surface area contributed by atoms with Crippen LogP contribution in [-0.2, 0) is 4.79 Å². The van der Waals surface area contributed by atoms with Crippen molar-refractivity contribution in [2.24, 2.45) is 0 Å². The Morgan fingerprint density at radius 2 is 2.00 bits per heavy atom. The van der Waals surface area contributed by atoms with Crippen LogP contribution in [0.5, 0.6) is 0 Å². The summed E-state index contributed by atoms with van der Waals surface area (Å²) in [5, 5.41) is 0. The summed E-state index contributed by atoms with van der Waals surface area (Å²) in [7, 11) is 0. The van der Waals surface area contributed by atoms with Crippen molar-refractivity contribution in [1.29, 1.82) is 0 Å². The van der Waals surface area contributed by atoms with Crippen LogP contribution in [0.25, 0.3) is 0 Å². The number of aldehydes is 1. The Morgan fingerprint density at radius 3 is 2.50 bits per heavy atom. The highest BCUT2D eigenvalue weighted by molar-refractivity contribution is 5.82. The Balaban J connectivity index is 2.64.